The molecule has 2 aromatic rings. The number of benzene rings is 2. The number of rotatable bonds is 2. The van der Waals surface area contributed by atoms with E-state index in [1.807, 2.05) is 25.1 Å². The van der Waals surface area contributed by atoms with E-state index >= 15 is 0 Å². The molecule has 0 radical (unpaired) electrons. The number of hydrogen-bond acceptors (Lipinski definition) is 1. The maximum atomic E-state index is 13.3. The van der Waals surface area contributed by atoms with Crippen LogP contribution in [0.3, 0.4) is 0 Å². The summed E-state index contributed by atoms with van der Waals surface area (Å²) < 4.78 is 13.3. The van der Waals surface area contributed by atoms with Crippen molar-refractivity contribution in [3.63, 3.8) is 0 Å². The molecule has 0 aromatic heterocycles. The molecular weight excluding hydrogens is 239 g/mol. The highest BCUT2D eigenvalue weighted by Gasteiger charge is 2.30. The van der Waals surface area contributed by atoms with E-state index in [2.05, 4.69) is 6.07 Å². The van der Waals surface area contributed by atoms with E-state index in [1.54, 1.807) is 12.1 Å². The van der Waals surface area contributed by atoms with Gasteiger partial charge in [0.1, 0.15) is 5.82 Å². The topological polar surface area (TPSA) is 20.2 Å². The molecule has 0 amide bonds. The second-order valence-electron chi connectivity index (χ2n) is 5.38. The molecule has 0 heterocycles. The largest absolute Gasteiger partial charge is 0.388 e. The van der Waals surface area contributed by atoms with Gasteiger partial charge in [0.2, 0.25) is 0 Å². The van der Waals surface area contributed by atoms with E-state index in [9.17, 15) is 9.50 Å². The summed E-state index contributed by atoms with van der Waals surface area (Å²) in [5.74, 6) is -0.0523. The molecule has 0 saturated carbocycles. The van der Waals surface area contributed by atoms with Gasteiger partial charge < -0.3 is 5.11 Å². The normalized spacial score (nSPS) is 21.4. The molecule has 0 bridgehead atoms. The predicted molar refractivity (Wildman–Crippen MR) is 73.4 cm³/mol. The predicted octanol–water partition coefficient (Wildman–Crippen LogP) is 3.58. The van der Waals surface area contributed by atoms with Crippen molar-refractivity contribution in [3.05, 3.63) is 70.5 Å². The summed E-state index contributed by atoms with van der Waals surface area (Å²) >= 11 is 0. The van der Waals surface area contributed by atoms with Crippen molar-refractivity contribution in [3.8, 4) is 0 Å². The number of fused-ring (bicyclic) bond motifs is 1. The van der Waals surface area contributed by atoms with Gasteiger partial charge in [0, 0.05) is 0 Å². The highest BCUT2D eigenvalue weighted by Crippen LogP contribution is 2.38. The number of aryl methyl sites for hydroxylation is 1. The van der Waals surface area contributed by atoms with E-state index in [-0.39, 0.29) is 11.7 Å². The lowest BCUT2D eigenvalue weighted by Gasteiger charge is -2.16. The number of halogens is 1. The fraction of sp³-hybridized carbons (Fsp3) is 0.294. The summed E-state index contributed by atoms with van der Waals surface area (Å²) in [4.78, 5) is 0. The minimum absolute atomic E-state index is 0.151. The summed E-state index contributed by atoms with van der Waals surface area (Å²) in [6, 6.07) is 12.9. The van der Waals surface area contributed by atoms with Gasteiger partial charge in [-0.05, 0) is 60.1 Å². The summed E-state index contributed by atoms with van der Waals surface area (Å²) in [5.41, 5.74) is 4.33. The number of aliphatic hydroxyl groups excluding tert-OH is 1. The summed E-state index contributed by atoms with van der Waals surface area (Å²) in [5, 5.41) is 10.4. The molecule has 2 atom stereocenters. The average molecular weight is 256 g/mol. The zero-order valence-electron chi connectivity index (χ0n) is 10.9. The zero-order chi connectivity index (χ0) is 13.4. The van der Waals surface area contributed by atoms with Crippen molar-refractivity contribution in [1.29, 1.82) is 0 Å². The third-order valence-electron chi connectivity index (χ3n) is 4.10. The first-order chi connectivity index (χ1) is 9.15. The van der Waals surface area contributed by atoms with E-state index < -0.39 is 6.10 Å². The van der Waals surface area contributed by atoms with Crippen LogP contribution in [0.5, 0.6) is 0 Å². The lowest BCUT2D eigenvalue weighted by atomic mass is 9.92. The van der Waals surface area contributed by atoms with Crippen LogP contribution in [-0.4, -0.2) is 5.11 Å². The molecule has 0 aliphatic heterocycles. The van der Waals surface area contributed by atoms with Crippen molar-refractivity contribution < 1.29 is 9.50 Å². The average Bonchev–Trinajstić information content (AvgIpc) is 2.72. The minimum Gasteiger partial charge on any atom is -0.388 e. The first-order valence-corrected chi connectivity index (χ1v) is 6.66. The molecule has 19 heavy (non-hydrogen) atoms. The van der Waals surface area contributed by atoms with Gasteiger partial charge in [-0.1, -0.05) is 30.3 Å². The first-order valence-electron chi connectivity index (χ1n) is 6.66. The second kappa shape index (κ2) is 4.78. The lowest BCUT2D eigenvalue weighted by Crippen LogP contribution is -2.11. The Bertz CT molecular complexity index is 606. The van der Waals surface area contributed by atoms with Gasteiger partial charge in [-0.25, -0.2) is 4.39 Å². The smallest absolute Gasteiger partial charge is 0.123 e. The van der Waals surface area contributed by atoms with Gasteiger partial charge in [0.05, 0.1) is 6.10 Å². The highest BCUT2D eigenvalue weighted by molar-refractivity contribution is 5.36. The van der Waals surface area contributed by atoms with Crippen LogP contribution >= 0.6 is 0 Å². The van der Waals surface area contributed by atoms with Crippen molar-refractivity contribution in [2.45, 2.75) is 25.9 Å². The Morgan fingerprint density at radius 2 is 2.00 bits per heavy atom. The summed E-state index contributed by atoms with van der Waals surface area (Å²) in [6.45, 7) is 1.99. The van der Waals surface area contributed by atoms with Crippen molar-refractivity contribution >= 4 is 0 Å². The van der Waals surface area contributed by atoms with Crippen LogP contribution in [0, 0.1) is 18.7 Å². The Morgan fingerprint density at radius 1 is 1.21 bits per heavy atom. The highest BCUT2D eigenvalue weighted by atomic mass is 19.1. The van der Waals surface area contributed by atoms with E-state index in [0.717, 1.165) is 29.5 Å². The number of hydrogen-bond donors (Lipinski definition) is 1. The van der Waals surface area contributed by atoms with E-state index in [1.165, 1.54) is 11.6 Å². The summed E-state index contributed by atoms with van der Waals surface area (Å²) in [6.07, 6.45) is 1.16. The van der Waals surface area contributed by atoms with Crippen LogP contribution in [0.2, 0.25) is 0 Å². The van der Waals surface area contributed by atoms with Crippen molar-refractivity contribution in [1.82, 2.24) is 0 Å². The Kier molecular flexibility index (Phi) is 3.11. The van der Waals surface area contributed by atoms with Gasteiger partial charge >= 0.3 is 0 Å². The Balaban J connectivity index is 1.85. The molecule has 0 spiro atoms. The molecule has 2 heteroatoms. The van der Waals surface area contributed by atoms with Gasteiger partial charge in [-0.3, -0.25) is 0 Å². The molecule has 2 aromatic carbocycles. The van der Waals surface area contributed by atoms with Gasteiger partial charge in [0.25, 0.3) is 0 Å². The Labute approximate surface area is 112 Å². The quantitative estimate of drug-likeness (QED) is 0.870. The molecule has 1 aliphatic carbocycles. The van der Waals surface area contributed by atoms with Crippen LogP contribution in [0.25, 0.3) is 0 Å². The zero-order valence-corrected chi connectivity index (χ0v) is 10.9. The van der Waals surface area contributed by atoms with Crippen LogP contribution in [0.1, 0.15) is 28.4 Å². The Hall–Kier alpha value is -1.67. The maximum absolute atomic E-state index is 13.3. The van der Waals surface area contributed by atoms with Crippen LogP contribution in [0.4, 0.5) is 4.39 Å². The van der Waals surface area contributed by atoms with Crippen molar-refractivity contribution in [2.75, 3.05) is 0 Å². The molecule has 98 valence electrons. The molecule has 1 aliphatic rings. The molecule has 2 unspecified atom stereocenters. The molecule has 1 nitrogen and oxygen atoms in total. The molecule has 3 rings (SSSR count). The van der Waals surface area contributed by atoms with Crippen LogP contribution in [-0.2, 0) is 12.8 Å². The fourth-order valence-electron chi connectivity index (χ4n) is 2.98. The molecule has 0 saturated heterocycles. The third kappa shape index (κ3) is 2.28. The van der Waals surface area contributed by atoms with Crippen LogP contribution < -0.4 is 0 Å². The standard InChI is InChI=1S/C17H17FO/c1-11-6-7-15(18)10-13(11)9-14-8-12-4-2-3-5-16(12)17(14)19/h2-7,10,14,17,19H,8-9H2,1H3. The van der Waals surface area contributed by atoms with Gasteiger partial charge in [0.15, 0.2) is 0 Å². The van der Waals surface area contributed by atoms with Gasteiger partial charge in [-0.2, -0.15) is 0 Å². The first kappa shape index (κ1) is 12.4. The number of aliphatic hydroxyl groups is 1. The van der Waals surface area contributed by atoms with E-state index in [4.69, 9.17) is 0 Å². The molecule has 0 fully saturated rings. The summed E-state index contributed by atoms with van der Waals surface area (Å²) in [7, 11) is 0. The van der Waals surface area contributed by atoms with Crippen LogP contribution in [0.15, 0.2) is 42.5 Å². The van der Waals surface area contributed by atoms with Gasteiger partial charge in [-0.15, -0.1) is 0 Å². The van der Waals surface area contributed by atoms with Crippen molar-refractivity contribution in [2.24, 2.45) is 5.92 Å². The second-order valence-corrected chi connectivity index (χ2v) is 5.38. The third-order valence-corrected chi connectivity index (χ3v) is 4.10. The Morgan fingerprint density at radius 3 is 2.79 bits per heavy atom. The maximum Gasteiger partial charge on any atom is 0.123 e. The minimum atomic E-state index is -0.432. The molecule has 1 N–H and O–H groups in total. The monoisotopic (exact) mass is 256 g/mol. The SMILES string of the molecule is Cc1ccc(F)cc1CC1Cc2ccccc2C1O. The molecular formula is C17H17FO. The van der Waals surface area contributed by atoms with E-state index in [0.29, 0.717) is 0 Å². The lowest BCUT2D eigenvalue weighted by molar-refractivity contribution is 0.123. The fourth-order valence-corrected chi connectivity index (χ4v) is 2.98.